The zero-order chi connectivity index (χ0) is 18.7. The number of Topliss-reactive ketones (excluding diaryl/α,β-unsaturated/α-hetero) is 1. The summed E-state index contributed by atoms with van der Waals surface area (Å²) < 4.78 is 4.98. The molecule has 1 aromatic rings. The number of fused-ring (bicyclic) bond motifs is 1. The smallest absolute Gasteiger partial charge is 0.326 e. The SMILES string of the molecule is CCc1ccc(C(=O)COC(=O)CN2C(=O)C3CC=CCC3C2=O)cc1. The number of hydrogen-bond acceptors (Lipinski definition) is 5. The van der Waals surface area contributed by atoms with Crippen LogP contribution in [0.3, 0.4) is 0 Å². The molecule has 1 aliphatic heterocycles. The van der Waals surface area contributed by atoms with Crippen LogP contribution in [-0.4, -0.2) is 41.6 Å². The molecule has 2 aliphatic rings. The van der Waals surface area contributed by atoms with Gasteiger partial charge < -0.3 is 4.74 Å². The van der Waals surface area contributed by atoms with Crippen LogP contribution < -0.4 is 0 Å². The molecule has 1 aromatic carbocycles. The third-order valence-corrected chi connectivity index (χ3v) is 4.93. The predicted molar refractivity (Wildman–Crippen MR) is 93.2 cm³/mol. The Morgan fingerprint density at radius 2 is 1.62 bits per heavy atom. The fourth-order valence-corrected chi connectivity index (χ4v) is 3.36. The number of nitrogens with zero attached hydrogens (tertiary/aromatic N) is 1. The molecule has 2 atom stereocenters. The summed E-state index contributed by atoms with van der Waals surface area (Å²) in [5.41, 5.74) is 1.57. The lowest BCUT2D eigenvalue weighted by molar-refractivity contribution is -0.152. The van der Waals surface area contributed by atoms with Crippen LogP contribution in [0.1, 0.15) is 35.7 Å². The molecule has 2 amide bonds. The molecule has 1 fully saturated rings. The van der Waals surface area contributed by atoms with E-state index in [2.05, 4.69) is 0 Å². The van der Waals surface area contributed by atoms with Gasteiger partial charge in [-0.1, -0.05) is 43.3 Å². The maximum absolute atomic E-state index is 12.3. The number of allylic oxidation sites excluding steroid dienone is 2. The molecular weight excluding hydrogens is 334 g/mol. The number of ketones is 1. The van der Waals surface area contributed by atoms with Gasteiger partial charge in [0.25, 0.3) is 0 Å². The van der Waals surface area contributed by atoms with E-state index in [4.69, 9.17) is 4.74 Å². The van der Waals surface area contributed by atoms with Crippen molar-refractivity contribution in [1.82, 2.24) is 4.90 Å². The third kappa shape index (κ3) is 3.59. The number of esters is 1. The number of carbonyl (C=O) groups excluding carboxylic acids is 4. The largest absolute Gasteiger partial charge is 0.456 e. The van der Waals surface area contributed by atoms with Crippen molar-refractivity contribution >= 4 is 23.6 Å². The Balaban J connectivity index is 1.53. The Kier molecular flexibility index (Phi) is 5.30. The summed E-state index contributed by atoms with van der Waals surface area (Å²) >= 11 is 0. The maximum Gasteiger partial charge on any atom is 0.326 e. The minimum absolute atomic E-state index is 0.321. The van der Waals surface area contributed by atoms with Crippen LogP contribution in [0.4, 0.5) is 0 Å². The van der Waals surface area contributed by atoms with Gasteiger partial charge in [0.15, 0.2) is 12.4 Å². The number of rotatable bonds is 6. The van der Waals surface area contributed by atoms with Crippen molar-refractivity contribution in [2.75, 3.05) is 13.2 Å². The lowest BCUT2D eigenvalue weighted by atomic mass is 9.85. The monoisotopic (exact) mass is 355 g/mol. The molecule has 1 saturated heterocycles. The topological polar surface area (TPSA) is 80.8 Å². The molecule has 0 radical (unpaired) electrons. The summed E-state index contributed by atoms with van der Waals surface area (Å²) in [5.74, 6) is -2.49. The Morgan fingerprint density at radius 3 is 2.15 bits per heavy atom. The minimum Gasteiger partial charge on any atom is -0.456 e. The van der Waals surface area contributed by atoms with Crippen molar-refractivity contribution in [1.29, 1.82) is 0 Å². The van der Waals surface area contributed by atoms with E-state index in [1.54, 1.807) is 12.1 Å². The van der Waals surface area contributed by atoms with Gasteiger partial charge in [0.2, 0.25) is 11.8 Å². The van der Waals surface area contributed by atoms with Gasteiger partial charge in [0.1, 0.15) is 6.54 Å². The predicted octanol–water partition coefficient (Wildman–Crippen LogP) is 1.93. The highest BCUT2D eigenvalue weighted by Gasteiger charge is 2.47. The number of ether oxygens (including phenoxy) is 1. The molecule has 0 saturated carbocycles. The summed E-state index contributed by atoms with van der Waals surface area (Å²) in [6.45, 7) is 1.17. The van der Waals surface area contributed by atoms with Crippen LogP contribution >= 0.6 is 0 Å². The number of imide groups is 1. The summed E-state index contributed by atoms with van der Waals surface area (Å²) in [7, 11) is 0. The van der Waals surface area contributed by atoms with E-state index < -0.39 is 19.1 Å². The Morgan fingerprint density at radius 1 is 1.04 bits per heavy atom. The molecule has 136 valence electrons. The molecule has 0 bridgehead atoms. The molecule has 0 N–H and O–H groups in total. The molecule has 1 aliphatic carbocycles. The van der Waals surface area contributed by atoms with Crippen LogP contribution in [0.2, 0.25) is 0 Å². The fourth-order valence-electron chi connectivity index (χ4n) is 3.36. The van der Waals surface area contributed by atoms with Crippen molar-refractivity contribution in [2.24, 2.45) is 11.8 Å². The van der Waals surface area contributed by atoms with Crippen LogP contribution in [-0.2, 0) is 25.5 Å². The van der Waals surface area contributed by atoms with E-state index in [0.717, 1.165) is 16.9 Å². The second-order valence-electron chi connectivity index (χ2n) is 6.55. The van der Waals surface area contributed by atoms with E-state index in [-0.39, 0.29) is 29.4 Å². The van der Waals surface area contributed by atoms with E-state index in [1.807, 2.05) is 31.2 Å². The lowest BCUT2D eigenvalue weighted by Gasteiger charge is -2.14. The third-order valence-electron chi connectivity index (χ3n) is 4.93. The number of amides is 2. The van der Waals surface area contributed by atoms with Crippen LogP contribution in [0.15, 0.2) is 36.4 Å². The van der Waals surface area contributed by atoms with Gasteiger partial charge in [-0.05, 0) is 24.8 Å². The lowest BCUT2D eigenvalue weighted by Crippen LogP contribution is -2.37. The van der Waals surface area contributed by atoms with Gasteiger partial charge in [-0.3, -0.25) is 24.1 Å². The number of likely N-dealkylation sites (tertiary alicyclic amines) is 1. The first-order valence-electron chi connectivity index (χ1n) is 8.79. The van der Waals surface area contributed by atoms with Crippen LogP contribution in [0.25, 0.3) is 0 Å². The Hall–Kier alpha value is -2.76. The van der Waals surface area contributed by atoms with Crippen molar-refractivity contribution in [3.63, 3.8) is 0 Å². The summed E-state index contributed by atoms with van der Waals surface area (Å²) in [6.07, 6.45) is 5.69. The zero-order valence-corrected chi connectivity index (χ0v) is 14.6. The van der Waals surface area contributed by atoms with Gasteiger partial charge in [-0.25, -0.2) is 0 Å². The first-order chi connectivity index (χ1) is 12.5. The van der Waals surface area contributed by atoms with Crippen molar-refractivity contribution < 1.29 is 23.9 Å². The van der Waals surface area contributed by atoms with Gasteiger partial charge in [0.05, 0.1) is 11.8 Å². The first kappa shape index (κ1) is 18.0. The number of benzene rings is 1. The normalized spacial score (nSPS) is 21.7. The zero-order valence-electron chi connectivity index (χ0n) is 14.6. The molecule has 1 heterocycles. The van der Waals surface area contributed by atoms with Gasteiger partial charge in [0, 0.05) is 5.56 Å². The van der Waals surface area contributed by atoms with E-state index in [9.17, 15) is 19.2 Å². The molecule has 2 unspecified atom stereocenters. The fraction of sp³-hybridized carbons (Fsp3) is 0.400. The van der Waals surface area contributed by atoms with Gasteiger partial charge >= 0.3 is 5.97 Å². The van der Waals surface area contributed by atoms with E-state index in [0.29, 0.717) is 18.4 Å². The molecule has 6 heteroatoms. The summed E-state index contributed by atoms with van der Waals surface area (Å²) in [4.78, 5) is 49.7. The van der Waals surface area contributed by atoms with E-state index in [1.165, 1.54) is 0 Å². The highest BCUT2D eigenvalue weighted by molar-refractivity contribution is 6.07. The van der Waals surface area contributed by atoms with E-state index >= 15 is 0 Å². The molecule has 0 aromatic heterocycles. The van der Waals surface area contributed by atoms with Crippen molar-refractivity contribution in [2.45, 2.75) is 26.2 Å². The van der Waals surface area contributed by atoms with Crippen LogP contribution in [0, 0.1) is 11.8 Å². The highest BCUT2D eigenvalue weighted by Crippen LogP contribution is 2.34. The number of aryl methyl sites for hydroxylation is 1. The number of hydrogen-bond donors (Lipinski definition) is 0. The number of carbonyl (C=O) groups is 4. The average Bonchev–Trinajstić information content (AvgIpc) is 2.91. The quantitative estimate of drug-likeness (QED) is 0.337. The van der Waals surface area contributed by atoms with Crippen molar-refractivity contribution in [3.05, 3.63) is 47.5 Å². The molecule has 6 nitrogen and oxygen atoms in total. The molecular formula is C20H21NO5. The molecule has 0 spiro atoms. The minimum atomic E-state index is -0.753. The van der Waals surface area contributed by atoms with Gasteiger partial charge in [-0.15, -0.1) is 0 Å². The van der Waals surface area contributed by atoms with Gasteiger partial charge in [-0.2, -0.15) is 0 Å². The summed E-state index contributed by atoms with van der Waals surface area (Å²) in [5, 5.41) is 0. The van der Waals surface area contributed by atoms with Crippen LogP contribution in [0.5, 0.6) is 0 Å². The first-order valence-corrected chi connectivity index (χ1v) is 8.79. The average molecular weight is 355 g/mol. The Bertz CT molecular complexity index is 739. The second-order valence-corrected chi connectivity index (χ2v) is 6.55. The maximum atomic E-state index is 12.3. The summed E-state index contributed by atoms with van der Waals surface area (Å²) in [6, 6.07) is 7.10. The van der Waals surface area contributed by atoms with Crippen molar-refractivity contribution in [3.8, 4) is 0 Å². The standard InChI is InChI=1S/C20H21NO5/c1-2-13-7-9-14(10-8-13)17(22)12-26-18(23)11-21-19(24)15-5-3-4-6-16(15)20(21)25/h3-4,7-10,15-16H,2,5-6,11-12H2,1H3. The second kappa shape index (κ2) is 7.64. The highest BCUT2D eigenvalue weighted by atomic mass is 16.5. The molecule has 3 rings (SSSR count). The Labute approximate surface area is 151 Å². The molecule has 26 heavy (non-hydrogen) atoms.